The van der Waals surface area contributed by atoms with Crippen LogP contribution in [0.2, 0.25) is 5.15 Å². The smallest absolute Gasteiger partial charge is 0.255 e. The van der Waals surface area contributed by atoms with Gasteiger partial charge in [-0.3, -0.25) is 9.36 Å². The molecule has 94 valence electrons. The summed E-state index contributed by atoms with van der Waals surface area (Å²) in [4.78, 5) is 15.7. The second-order valence-electron chi connectivity index (χ2n) is 3.79. The van der Waals surface area contributed by atoms with Crippen LogP contribution in [0, 0.1) is 12.7 Å². The second-order valence-corrected chi connectivity index (χ2v) is 5.09. The lowest BCUT2D eigenvalue weighted by atomic mass is 10.2. The molecule has 0 atom stereocenters. The maximum absolute atomic E-state index is 13.7. The van der Waals surface area contributed by atoms with Crippen LogP contribution in [-0.4, -0.2) is 9.55 Å². The van der Waals surface area contributed by atoms with Crippen LogP contribution < -0.4 is 5.56 Å². The predicted molar refractivity (Wildman–Crippen MR) is 71.4 cm³/mol. The highest BCUT2D eigenvalue weighted by Gasteiger charge is 2.08. The van der Waals surface area contributed by atoms with Crippen molar-refractivity contribution in [3.63, 3.8) is 0 Å². The van der Waals surface area contributed by atoms with Gasteiger partial charge in [0.15, 0.2) is 0 Å². The highest BCUT2D eigenvalue weighted by molar-refractivity contribution is 9.10. The molecule has 18 heavy (non-hydrogen) atoms. The van der Waals surface area contributed by atoms with Crippen molar-refractivity contribution in [2.45, 2.75) is 13.5 Å². The molecule has 0 unspecified atom stereocenters. The number of hydrogen-bond acceptors (Lipinski definition) is 2. The first-order chi connectivity index (χ1) is 8.47. The van der Waals surface area contributed by atoms with Crippen LogP contribution in [0.4, 0.5) is 4.39 Å². The third-order valence-electron chi connectivity index (χ3n) is 2.51. The summed E-state index contributed by atoms with van der Waals surface area (Å²) in [6.07, 6.45) is 0. The van der Waals surface area contributed by atoms with Gasteiger partial charge in [-0.25, -0.2) is 9.37 Å². The van der Waals surface area contributed by atoms with Crippen LogP contribution in [0.15, 0.2) is 33.5 Å². The van der Waals surface area contributed by atoms with Crippen molar-refractivity contribution in [3.05, 3.63) is 61.5 Å². The molecule has 3 nitrogen and oxygen atoms in total. The molecule has 2 aromatic rings. The molecule has 0 radical (unpaired) electrons. The Balaban J connectivity index is 2.43. The average Bonchev–Trinajstić information content (AvgIpc) is 2.25. The molecule has 0 saturated carbocycles. The van der Waals surface area contributed by atoms with E-state index in [0.29, 0.717) is 15.9 Å². The molecule has 0 fully saturated rings. The van der Waals surface area contributed by atoms with E-state index in [4.69, 9.17) is 11.6 Å². The molecular formula is C12H9BrClFN2O. The van der Waals surface area contributed by atoms with Crippen LogP contribution >= 0.6 is 27.5 Å². The van der Waals surface area contributed by atoms with Crippen LogP contribution in [0.1, 0.15) is 11.4 Å². The fourth-order valence-corrected chi connectivity index (χ4v) is 2.15. The zero-order chi connectivity index (χ0) is 13.3. The van der Waals surface area contributed by atoms with E-state index in [1.54, 1.807) is 19.1 Å². The van der Waals surface area contributed by atoms with E-state index in [0.717, 1.165) is 0 Å². The van der Waals surface area contributed by atoms with E-state index in [9.17, 15) is 9.18 Å². The van der Waals surface area contributed by atoms with E-state index in [2.05, 4.69) is 20.9 Å². The van der Waals surface area contributed by atoms with E-state index in [1.807, 2.05) is 0 Å². The van der Waals surface area contributed by atoms with Crippen molar-refractivity contribution in [3.8, 4) is 0 Å². The number of halogens is 3. The van der Waals surface area contributed by atoms with Gasteiger partial charge in [0, 0.05) is 16.1 Å². The normalized spacial score (nSPS) is 10.7. The van der Waals surface area contributed by atoms with Crippen molar-refractivity contribution in [1.29, 1.82) is 0 Å². The largest absolute Gasteiger partial charge is 0.292 e. The van der Waals surface area contributed by atoms with Crippen molar-refractivity contribution < 1.29 is 4.39 Å². The van der Waals surface area contributed by atoms with Gasteiger partial charge >= 0.3 is 0 Å². The summed E-state index contributed by atoms with van der Waals surface area (Å²) in [7, 11) is 0. The first kappa shape index (κ1) is 13.2. The zero-order valence-corrected chi connectivity index (χ0v) is 11.8. The molecule has 1 aromatic heterocycles. The third kappa shape index (κ3) is 2.79. The second kappa shape index (κ2) is 5.20. The summed E-state index contributed by atoms with van der Waals surface area (Å²) in [5, 5.41) is 0.144. The Hall–Kier alpha value is -1.20. The molecule has 0 saturated heterocycles. The molecule has 6 heteroatoms. The maximum Gasteiger partial charge on any atom is 0.255 e. The average molecular weight is 332 g/mol. The molecule has 0 aliphatic heterocycles. The van der Waals surface area contributed by atoms with Crippen LogP contribution in [-0.2, 0) is 6.54 Å². The Morgan fingerprint density at radius 2 is 2.17 bits per heavy atom. The lowest BCUT2D eigenvalue weighted by Crippen LogP contribution is -2.23. The molecule has 0 aliphatic carbocycles. The van der Waals surface area contributed by atoms with E-state index in [-0.39, 0.29) is 23.1 Å². The summed E-state index contributed by atoms with van der Waals surface area (Å²) in [6, 6.07) is 5.92. The lowest BCUT2D eigenvalue weighted by Gasteiger charge is -2.10. The number of rotatable bonds is 2. The first-order valence-electron chi connectivity index (χ1n) is 5.15. The molecule has 0 aliphatic rings. The van der Waals surface area contributed by atoms with Gasteiger partial charge in [0.05, 0.1) is 6.54 Å². The van der Waals surface area contributed by atoms with Gasteiger partial charge in [-0.1, -0.05) is 33.6 Å². The monoisotopic (exact) mass is 330 g/mol. The Labute approximate surface area is 116 Å². The molecule has 0 amide bonds. The minimum absolute atomic E-state index is 0.133. The number of hydrogen-bond donors (Lipinski definition) is 0. The highest BCUT2D eigenvalue weighted by atomic mass is 79.9. The van der Waals surface area contributed by atoms with Gasteiger partial charge < -0.3 is 0 Å². The van der Waals surface area contributed by atoms with Crippen LogP contribution in [0.25, 0.3) is 0 Å². The van der Waals surface area contributed by atoms with E-state index < -0.39 is 0 Å². The minimum atomic E-state index is -0.370. The fourth-order valence-electron chi connectivity index (χ4n) is 1.60. The molecule has 2 rings (SSSR count). The van der Waals surface area contributed by atoms with E-state index in [1.165, 1.54) is 16.7 Å². The molecule has 0 bridgehead atoms. The molecule has 1 heterocycles. The zero-order valence-electron chi connectivity index (χ0n) is 9.45. The Kier molecular flexibility index (Phi) is 3.82. The highest BCUT2D eigenvalue weighted by Crippen LogP contribution is 2.16. The van der Waals surface area contributed by atoms with Gasteiger partial charge in [0.2, 0.25) is 0 Å². The fraction of sp³-hybridized carbons (Fsp3) is 0.167. The van der Waals surface area contributed by atoms with Crippen molar-refractivity contribution in [2.24, 2.45) is 0 Å². The van der Waals surface area contributed by atoms with Crippen molar-refractivity contribution in [2.75, 3.05) is 0 Å². The summed E-state index contributed by atoms with van der Waals surface area (Å²) in [5.41, 5.74) is 0.127. The van der Waals surface area contributed by atoms with Gasteiger partial charge in [-0.2, -0.15) is 0 Å². The third-order valence-corrected chi connectivity index (χ3v) is 3.20. The summed E-state index contributed by atoms with van der Waals surface area (Å²) in [6.45, 7) is 1.79. The molecule has 1 aromatic carbocycles. The SMILES string of the molecule is Cc1nc(Cl)cc(=O)n1Cc1ccc(Br)cc1F. The Morgan fingerprint density at radius 3 is 2.78 bits per heavy atom. The summed E-state index contributed by atoms with van der Waals surface area (Å²) < 4.78 is 15.7. The first-order valence-corrected chi connectivity index (χ1v) is 6.32. The summed E-state index contributed by atoms with van der Waals surface area (Å²) >= 11 is 8.85. The number of aromatic nitrogens is 2. The van der Waals surface area contributed by atoms with Gasteiger partial charge in [0.1, 0.15) is 16.8 Å². The molecule has 0 N–H and O–H groups in total. The van der Waals surface area contributed by atoms with Crippen LogP contribution in [0.3, 0.4) is 0 Å². The van der Waals surface area contributed by atoms with Crippen molar-refractivity contribution >= 4 is 27.5 Å². The summed E-state index contributed by atoms with van der Waals surface area (Å²) in [5.74, 6) is 0.0837. The van der Waals surface area contributed by atoms with E-state index >= 15 is 0 Å². The minimum Gasteiger partial charge on any atom is -0.292 e. The number of aryl methyl sites for hydroxylation is 1. The Bertz CT molecular complexity index is 657. The lowest BCUT2D eigenvalue weighted by molar-refractivity contribution is 0.589. The number of benzene rings is 1. The number of nitrogens with zero attached hydrogens (tertiary/aromatic N) is 2. The van der Waals surface area contributed by atoms with Gasteiger partial charge in [-0.15, -0.1) is 0 Å². The topological polar surface area (TPSA) is 34.9 Å². The predicted octanol–water partition coefficient (Wildman–Crippen LogP) is 3.16. The van der Waals surface area contributed by atoms with Gasteiger partial charge in [-0.05, 0) is 19.1 Å². The maximum atomic E-state index is 13.7. The molecular weight excluding hydrogens is 322 g/mol. The Morgan fingerprint density at radius 1 is 1.44 bits per heavy atom. The standard InChI is InChI=1S/C12H9BrClFN2O/c1-7-16-11(14)5-12(18)17(7)6-8-2-3-9(13)4-10(8)15/h2-5H,6H2,1H3. The molecule has 0 spiro atoms. The van der Waals surface area contributed by atoms with Crippen molar-refractivity contribution in [1.82, 2.24) is 9.55 Å². The van der Waals surface area contributed by atoms with Gasteiger partial charge in [0.25, 0.3) is 5.56 Å². The van der Waals surface area contributed by atoms with Crippen LogP contribution in [0.5, 0.6) is 0 Å². The quantitative estimate of drug-likeness (QED) is 0.792.